The average molecular weight is 411 g/mol. The standard InChI is InChI=1S/C27H26NOP/c1-28-27(23-14-6-2-7-15-23)22-30(29-28,24-16-8-3-9-17-24,25-18-10-4-11-19-25)26-20-12-5-13-21-26/h2-21,27H,22H2,1H3. The van der Waals surface area contributed by atoms with Crippen LogP contribution in [0.2, 0.25) is 0 Å². The van der Waals surface area contributed by atoms with Crippen molar-refractivity contribution >= 4 is 22.7 Å². The molecule has 1 heterocycles. The minimum atomic E-state index is -3.21. The summed E-state index contributed by atoms with van der Waals surface area (Å²) in [4.78, 5) is 0. The maximum absolute atomic E-state index is 7.23. The van der Waals surface area contributed by atoms with Crippen LogP contribution in [0.4, 0.5) is 0 Å². The third kappa shape index (κ3) is 2.76. The van der Waals surface area contributed by atoms with Gasteiger partial charge in [-0.1, -0.05) is 0 Å². The van der Waals surface area contributed by atoms with E-state index in [4.69, 9.17) is 4.62 Å². The van der Waals surface area contributed by atoms with Crippen LogP contribution in [0.25, 0.3) is 0 Å². The van der Waals surface area contributed by atoms with Crippen molar-refractivity contribution in [3.05, 3.63) is 127 Å². The Labute approximate surface area is 178 Å². The summed E-state index contributed by atoms with van der Waals surface area (Å²) in [7, 11) is 2.08. The summed E-state index contributed by atoms with van der Waals surface area (Å²) in [6.07, 6.45) is 0.907. The van der Waals surface area contributed by atoms with E-state index in [1.807, 2.05) is 0 Å². The second kappa shape index (κ2) is 7.49. The fraction of sp³-hybridized carbons (Fsp3) is 0.111. The Morgan fingerprint density at radius 3 is 1.37 bits per heavy atom. The van der Waals surface area contributed by atoms with E-state index in [1.165, 1.54) is 21.5 Å². The monoisotopic (exact) mass is 411 g/mol. The van der Waals surface area contributed by atoms with Gasteiger partial charge in [-0.05, 0) is 0 Å². The molecule has 1 saturated heterocycles. The van der Waals surface area contributed by atoms with Crippen LogP contribution < -0.4 is 15.9 Å². The van der Waals surface area contributed by atoms with Gasteiger partial charge in [0.25, 0.3) is 0 Å². The van der Waals surface area contributed by atoms with Gasteiger partial charge in [0.15, 0.2) is 0 Å². The van der Waals surface area contributed by atoms with Crippen LogP contribution >= 0.6 is 6.83 Å². The normalized spacial score (nSPS) is 21.5. The molecule has 0 spiro atoms. The summed E-state index contributed by atoms with van der Waals surface area (Å²) < 4.78 is 7.23. The number of nitrogens with zero attached hydrogens (tertiary/aromatic N) is 1. The van der Waals surface area contributed by atoms with Crippen molar-refractivity contribution in [2.24, 2.45) is 0 Å². The summed E-state index contributed by atoms with van der Waals surface area (Å²) in [6, 6.07) is 43.4. The summed E-state index contributed by atoms with van der Waals surface area (Å²) in [5.74, 6) is 0. The Hall–Kier alpha value is -2.77. The van der Waals surface area contributed by atoms with Gasteiger partial charge in [0.2, 0.25) is 0 Å². The molecule has 150 valence electrons. The molecule has 1 aliphatic rings. The molecule has 4 aromatic carbocycles. The van der Waals surface area contributed by atoms with Crippen molar-refractivity contribution in [2.75, 3.05) is 13.2 Å². The summed E-state index contributed by atoms with van der Waals surface area (Å²) in [6.45, 7) is -3.21. The molecular formula is C27H26NOP. The van der Waals surface area contributed by atoms with Crippen LogP contribution in [-0.2, 0) is 4.62 Å². The quantitative estimate of drug-likeness (QED) is 0.436. The van der Waals surface area contributed by atoms with E-state index in [9.17, 15) is 0 Å². The van der Waals surface area contributed by atoms with E-state index in [2.05, 4.69) is 133 Å². The molecule has 1 atom stereocenters. The van der Waals surface area contributed by atoms with Crippen LogP contribution in [-0.4, -0.2) is 18.3 Å². The van der Waals surface area contributed by atoms with Gasteiger partial charge >= 0.3 is 179 Å². The fourth-order valence-corrected chi connectivity index (χ4v) is 11.0. The van der Waals surface area contributed by atoms with Gasteiger partial charge in [-0.2, -0.15) is 0 Å². The first kappa shape index (κ1) is 19.2. The predicted octanol–water partition coefficient (Wildman–Crippen LogP) is 5.05. The van der Waals surface area contributed by atoms with E-state index in [1.54, 1.807) is 0 Å². The third-order valence-electron chi connectivity index (χ3n) is 6.36. The molecule has 1 unspecified atom stereocenters. The number of rotatable bonds is 4. The van der Waals surface area contributed by atoms with Gasteiger partial charge < -0.3 is 0 Å². The molecule has 3 heteroatoms. The van der Waals surface area contributed by atoms with Crippen molar-refractivity contribution in [3.63, 3.8) is 0 Å². The predicted molar refractivity (Wildman–Crippen MR) is 128 cm³/mol. The zero-order valence-corrected chi connectivity index (χ0v) is 18.0. The van der Waals surface area contributed by atoms with E-state index in [-0.39, 0.29) is 6.04 Å². The van der Waals surface area contributed by atoms with Gasteiger partial charge in [0.1, 0.15) is 0 Å². The van der Waals surface area contributed by atoms with Gasteiger partial charge in [0.05, 0.1) is 0 Å². The Kier molecular flexibility index (Phi) is 4.79. The Morgan fingerprint density at radius 1 is 0.600 bits per heavy atom. The molecule has 0 N–H and O–H groups in total. The molecule has 0 amide bonds. The minimum absolute atomic E-state index is 0.171. The van der Waals surface area contributed by atoms with Gasteiger partial charge in [-0.15, -0.1) is 0 Å². The molecule has 1 fully saturated rings. The van der Waals surface area contributed by atoms with Gasteiger partial charge in [0, 0.05) is 0 Å². The van der Waals surface area contributed by atoms with Gasteiger partial charge in [-0.3, -0.25) is 0 Å². The molecule has 0 saturated carbocycles. The van der Waals surface area contributed by atoms with Crippen molar-refractivity contribution < 1.29 is 4.62 Å². The van der Waals surface area contributed by atoms with Crippen LogP contribution in [0.1, 0.15) is 11.6 Å². The SMILES string of the molecule is CN1OP(c2ccccc2)(c2ccccc2)(c2ccccc2)CC1c1ccccc1. The van der Waals surface area contributed by atoms with E-state index in [0.29, 0.717) is 0 Å². The first-order valence-electron chi connectivity index (χ1n) is 10.4. The summed E-state index contributed by atoms with van der Waals surface area (Å²) in [5, 5.41) is 5.91. The number of hydroxylamine groups is 2. The molecule has 2 nitrogen and oxygen atoms in total. The number of hydrogen-bond donors (Lipinski definition) is 0. The third-order valence-corrected chi connectivity index (χ3v) is 12.2. The van der Waals surface area contributed by atoms with E-state index in [0.717, 1.165) is 6.16 Å². The summed E-state index contributed by atoms with van der Waals surface area (Å²) >= 11 is 0. The summed E-state index contributed by atoms with van der Waals surface area (Å²) in [5.41, 5.74) is 1.29. The van der Waals surface area contributed by atoms with Crippen LogP contribution in [0.3, 0.4) is 0 Å². The number of hydrogen-bond acceptors (Lipinski definition) is 2. The maximum atomic E-state index is 7.23. The molecule has 30 heavy (non-hydrogen) atoms. The number of benzene rings is 4. The Balaban J connectivity index is 1.86. The van der Waals surface area contributed by atoms with Crippen molar-refractivity contribution in [2.45, 2.75) is 6.04 Å². The molecule has 0 bridgehead atoms. The topological polar surface area (TPSA) is 12.5 Å². The molecule has 1 aliphatic heterocycles. The zero-order chi connectivity index (χ0) is 20.5. The molecule has 4 aromatic rings. The molecule has 0 aromatic heterocycles. The Morgan fingerprint density at radius 2 is 0.967 bits per heavy atom. The Bertz CT molecular complexity index is 1020. The zero-order valence-electron chi connectivity index (χ0n) is 17.1. The first-order valence-corrected chi connectivity index (χ1v) is 12.7. The average Bonchev–Trinajstić information content (AvgIpc) is 3.17. The second-order valence-electron chi connectivity index (χ2n) is 7.96. The molecule has 5 rings (SSSR count). The van der Waals surface area contributed by atoms with Crippen molar-refractivity contribution in [3.8, 4) is 0 Å². The van der Waals surface area contributed by atoms with Crippen molar-refractivity contribution in [1.29, 1.82) is 0 Å². The molecule has 0 radical (unpaired) electrons. The van der Waals surface area contributed by atoms with Crippen LogP contribution in [0, 0.1) is 0 Å². The van der Waals surface area contributed by atoms with Crippen LogP contribution in [0.15, 0.2) is 121 Å². The van der Waals surface area contributed by atoms with E-state index < -0.39 is 6.83 Å². The molecule has 0 aliphatic carbocycles. The van der Waals surface area contributed by atoms with Gasteiger partial charge in [-0.25, -0.2) is 0 Å². The second-order valence-corrected chi connectivity index (χ2v) is 12.5. The fourth-order valence-electron chi connectivity index (χ4n) is 4.94. The van der Waals surface area contributed by atoms with E-state index >= 15 is 0 Å². The van der Waals surface area contributed by atoms with Crippen LogP contribution in [0.5, 0.6) is 0 Å². The molecular weight excluding hydrogens is 385 g/mol. The van der Waals surface area contributed by atoms with Crippen molar-refractivity contribution in [1.82, 2.24) is 5.06 Å². The first-order chi connectivity index (χ1) is 14.7.